The van der Waals surface area contributed by atoms with Crippen LogP contribution in [0.2, 0.25) is 0 Å². The summed E-state index contributed by atoms with van der Waals surface area (Å²) in [4.78, 5) is 28.8. The molecule has 2 amide bonds. The molecule has 1 aromatic carbocycles. The van der Waals surface area contributed by atoms with Gasteiger partial charge in [0.1, 0.15) is 5.75 Å². The Morgan fingerprint density at radius 1 is 1.05 bits per heavy atom. The van der Waals surface area contributed by atoms with Gasteiger partial charge in [-0.2, -0.15) is 8.42 Å². The number of allylic oxidation sites excluding steroid dienone is 2. The maximum atomic E-state index is 13.9. The van der Waals surface area contributed by atoms with Crippen LogP contribution in [-0.4, -0.2) is 67.8 Å². The molecule has 1 aliphatic rings. The molecule has 3 heterocycles. The number of nitrogens with one attached hydrogen (secondary N) is 2. The highest BCUT2D eigenvalue weighted by molar-refractivity contribution is 8.70. The van der Waals surface area contributed by atoms with Crippen molar-refractivity contribution in [3.63, 3.8) is 0 Å². The number of ether oxygens (including phenoxy) is 1. The molecule has 4 rings (SSSR count). The van der Waals surface area contributed by atoms with Gasteiger partial charge in [0.15, 0.2) is 6.61 Å². The average Bonchev–Trinajstić information content (AvgIpc) is 3.74. The summed E-state index contributed by atoms with van der Waals surface area (Å²) in [6.07, 6.45) is 6.33. The summed E-state index contributed by atoms with van der Waals surface area (Å²) in [6, 6.07) is 13.9. The standard InChI is InChI=1S/C27H27BF2N4O6S3/c29-28(30)34-21(8-12-24(34)25-4-3-15-41-25)16-20-7-11-23(33-20)19-5-9-22(10-6-19)40-17-26(35)31-13-1-2-14-32-27(36)18-42-43(37,38)39/h3-12,15-16H,1-2,13-14,17-18H2,(H,31,35)(H,32,36)(H,37,38,39)/b20-16-. The van der Waals surface area contributed by atoms with Crippen molar-refractivity contribution in [2.24, 2.45) is 4.99 Å². The third kappa shape index (κ3) is 9.91. The number of aliphatic imine (C=N–C) groups is 1. The van der Waals surface area contributed by atoms with Crippen LogP contribution in [0, 0.1) is 0 Å². The molecule has 3 aromatic rings. The molecule has 0 unspecified atom stereocenters. The molecule has 0 spiro atoms. The maximum absolute atomic E-state index is 13.9. The van der Waals surface area contributed by atoms with E-state index in [4.69, 9.17) is 9.29 Å². The van der Waals surface area contributed by atoms with Crippen molar-refractivity contribution in [1.82, 2.24) is 15.1 Å². The average molecular weight is 649 g/mol. The van der Waals surface area contributed by atoms with Gasteiger partial charge in [0.2, 0.25) is 5.91 Å². The number of aromatic nitrogens is 1. The molecule has 3 N–H and O–H groups in total. The van der Waals surface area contributed by atoms with E-state index in [2.05, 4.69) is 15.6 Å². The molecular weight excluding hydrogens is 621 g/mol. The van der Waals surface area contributed by atoms with Gasteiger partial charge in [-0.1, -0.05) is 6.07 Å². The van der Waals surface area contributed by atoms with Crippen LogP contribution in [0.5, 0.6) is 5.75 Å². The highest BCUT2D eigenvalue weighted by atomic mass is 33.1. The van der Waals surface area contributed by atoms with Crippen molar-refractivity contribution >= 4 is 62.3 Å². The van der Waals surface area contributed by atoms with E-state index in [1.54, 1.807) is 60.7 Å². The van der Waals surface area contributed by atoms with Crippen LogP contribution < -0.4 is 15.4 Å². The zero-order valence-electron chi connectivity index (χ0n) is 22.6. The van der Waals surface area contributed by atoms with Crippen LogP contribution in [0.1, 0.15) is 24.1 Å². The Labute approximate surface area is 255 Å². The predicted molar refractivity (Wildman–Crippen MR) is 166 cm³/mol. The van der Waals surface area contributed by atoms with E-state index in [9.17, 15) is 26.6 Å². The van der Waals surface area contributed by atoms with Gasteiger partial charge in [0.25, 0.3) is 5.91 Å². The molecule has 0 bridgehead atoms. The largest absolute Gasteiger partial charge is 0.678 e. The van der Waals surface area contributed by atoms with Crippen LogP contribution in [-0.2, 0) is 18.7 Å². The molecule has 0 radical (unpaired) electrons. The summed E-state index contributed by atoms with van der Waals surface area (Å²) in [5.41, 5.74) is 2.81. The Balaban J connectivity index is 1.20. The van der Waals surface area contributed by atoms with Crippen molar-refractivity contribution in [1.29, 1.82) is 0 Å². The first-order valence-electron chi connectivity index (χ1n) is 13.0. The lowest BCUT2D eigenvalue weighted by molar-refractivity contribution is -0.123. The van der Waals surface area contributed by atoms with E-state index in [1.165, 1.54) is 11.3 Å². The number of hydrogen-bond acceptors (Lipinski definition) is 8. The first kappa shape index (κ1) is 32.2. The summed E-state index contributed by atoms with van der Waals surface area (Å²) in [7, 11) is -6.81. The van der Waals surface area contributed by atoms with Gasteiger partial charge in [-0.05, 0) is 78.9 Å². The number of unbranched alkanes of at least 4 members (excludes halogenated alkanes) is 1. The minimum absolute atomic E-state index is 0.138. The molecule has 2 aromatic heterocycles. The molecule has 0 aliphatic carbocycles. The maximum Gasteiger partial charge on any atom is 0.678 e. The minimum atomic E-state index is -4.25. The monoisotopic (exact) mass is 648 g/mol. The Bertz CT molecular complexity index is 1620. The molecule has 43 heavy (non-hydrogen) atoms. The van der Waals surface area contributed by atoms with Crippen molar-refractivity contribution in [2.45, 2.75) is 12.8 Å². The summed E-state index contributed by atoms with van der Waals surface area (Å²) in [5, 5.41) is 7.08. The van der Waals surface area contributed by atoms with E-state index in [1.807, 2.05) is 11.4 Å². The molecule has 16 heteroatoms. The lowest BCUT2D eigenvalue weighted by Crippen LogP contribution is -2.31. The zero-order valence-corrected chi connectivity index (χ0v) is 25.1. The van der Waals surface area contributed by atoms with Crippen LogP contribution in [0.25, 0.3) is 16.6 Å². The van der Waals surface area contributed by atoms with E-state index < -0.39 is 28.2 Å². The number of carbonyl (C=O) groups is 2. The molecule has 0 saturated carbocycles. The number of rotatable bonds is 15. The second-order valence-electron chi connectivity index (χ2n) is 9.08. The van der Waals surface area contributed by atoms with Gasteiger partial charge in [-0.25, -0.2) is 4.99 Å². The van der Waals surface area contributed by atoms with Gasteiger partial charge in [-0.15, -0.1) is 11.3 Å². The SMILES string of the molecule is O=C(COc1ccc(C2=N/C(=C\c3ccc(-c4cccs4)n3B(F)F)C=C2)cc1)NCCCCNC(=O)CSS(=O)(=O)O. The zero-order chi connectivity index (χ0) is 30.8. The molecule has 226 valence electrons. The van der Waals surface area contributed by atoms with Gasteiger partial charge < -0.3 is 19.8 Å². The minimum Gasteiger partial charge on any atom is -0.484 e. The van der Waals surface area contributed by atoms with Gasteiger partial charge in [0, 0.05) is 40.0 Å². The fourth-order valence-electron chi connectivity index (χ4n) is 4.00. The van der Waals surface area contributed by atoms with E-state index in [-0.39, 0.29) is 23.3 Å². The van der Waals surface area contributed by atoms with Crippen LogP contribution in [0.15, 0.2) is 76.8 Å². The highest BCUT2D eigenvalue weighted by Gasteiger charge is 2.24. The summed E-state index contributed by atoms with van der Waals surface area (Å²) >= 11 is 1.40. The van der Waals surface area contributed by atoms with E-state index in [0.29, 0.717) is 54.5 Å². The first-order valence-corrected chi connectivity index (χ1v) is 16.8. The Morgan fingerprint density at radius 2 is 1.77 bits per heavy atom. The fourth-order valence-corrected chi connectivity index (χ4v) is 5.88. The van der Waals surface area contributed by atoms with Crippen molar-refractivity contribution in [3.05, 3.63) is 83.0 Å². The molecule has 0 atom stereocenters. The van der Waals surface area contributed by atoms with Gasteiger partial charge in [0.05, 0.1) is 22.9 Å². The Morgan fingerprint density at radius 3 is 2.42 bits per heavy atom. The third-order valence-electron chi connectivity index (χ3n) is 5.98. The number of amides is 2. The fraction of sp³-hybridized carbons (Fsp3) is 0.222. The van der Waals surface area contributed by atoms with Crippen molar-refractivity contribution in [3.8, 4) is 16.3 Å². The van der Waals surface area contributed by atoms with Gasteiger partial charge in [-0.3, -0.25) is 22.8 Å². The summed E-state index contributed by atoms with van der Waals surface area (Å²) < 4.78 is 64.1. The van der Waals surface area contributed by atoms with Crippen LogP contribution in [0.3, 0.4) is 0 Å². The Hall–Kier alpha value is -3.73. The smallest absolute Gasteiger partial charge is 0.484 e. The lowest BCUT2D eigenvalue weighted by Gasteiger charge is -2.08. The molecule has 1 aliphatic heterocycles. The van der Waals surface area contributed by atoms with Crippen LogP contribution in [0.4, 0.5) is 8.63 Å². The number of benzene rings is 1. The van der Waals surface area contributed by atoms with Crippen LogP contribution >= 0.6 is 22.1 Å². The number of halogens is 2. The quantitative estimate of drug-likeness (QED) is 0.0966. The topological polar surface area (TPSA) is 139 Å². The number of hydrogen-bond donors (Lipinski definition) is 3. The van der Waals surface area contributed by atoms with Crippen molar-refractivity contribution in [2.75, 3.05) is 25.4 Å². The van der Waals surface area contributed by atoms with E-state index in [0.717, 1.165) is 14.9 Å². The van der Waals surface area contributed by atoms with E-state index >= 15 is 0 Å². The molecule has 0 fully saturated rings. The first-order chi connectivity index (χ1) is 20.6. The number of carbonyl (C=O) groups excluding carboxylic acids is 2. The molecule has 0 saturated heterocycles. The van der Waals surface area contributed by atoms with Gasteiger partial charge >= 0.3 is 16.6 Å². The van der Waals surface area contributed by atoms with Crippen molar-refractivity contribution < 1.29 is 35.9 Å². The summed E-state index contributed by atoms with van der Waals surface area (Å²) in [5.74, 6) is -0.736. The normalized spacial score (nSPS) is 13.7. The number of nitrogens with zero attached hydrogens (tertiary/aromatic N) is 2. The Kier molecular flexibility index (Phi) is 11.3. The third-order valence-corrected chi connectivity index (χ3v) is 8.80. The lowest BCUT2D eigenvalue weighted by atomic mass is 10.1. The second kappa shape index (κ2) is 15.1. The summed E-state index contributed by atoms with van der Waals surface area (Å²) in [6.45, 7) is 0.491. The molecule has 10 nitrogen and oxygen atoms in total. The highest BCUT2D eigenvalue weighted by Crippen LogP contribution is 2.29. The predicted octanol–water partition coefficient (Wildman–Crippen LogP) is 4.32. The molecular formula is C27H27BF2N4O6S3. The second-order valence-corrected chi connectivity index (χ2v) is 13.4. The number of thiophene rings is 1.